The molecule has 1 unspecified atom stereocenters. The molecular weight excluding hydrogens is 146 g/mol. The van der Waals surface area contributed by atoms with Crippen LogP contribution in [0.2, 0.25) is 0 Å². The van der Waals surface area contributed by atoms with Gasteiger partial charge in [-0.3, -0.25) is 0 Å². The monoisotopic (exact) mass is 167 g/mol. The van der Waals surface area contributed by atoms with Crippen LogP contribution in [-0.2, 0) is 0 Å². The lowest BCUT2D eigenvalue weighted by Gasteiger charge is -2.32. The minimum atomic E-state index is 0.738. The Morgan fingerprint density at radius 1 is 1.25 bits per heavy atom. The van der Waals surface area contributed by atoms with Crippen molar-refractivity contribution in [1.82, 2.24) is 5.32 Å². The normalized spacial score (nSPS) is 31.5. The minimum absolute atomic E-state index is 0.738. The maximum absolute atomic E-state index is 3.44. The van der Waals surface area contributed by atoms with Crippen LogP contribution in [0, 0.1) is 17.3 Å². The van der Waals surface area contributed by atoms with Gasteiger partial charge in [0.1, 0.15) is 0 Å². The van der Waals surface area contributed by atoms with E-state index >= 15 is 0 Å². The molecule has 1 aliphatic carbocycles. The second kappa shape index (κ2) is 3.02. The molecule has 1 saturated carbocycles. The maximum Gasteiger partial charge on any atom is -0.00462 e. The zero-order valence-electron chi connectivity index (χ0n) is 8.40. The third-order valence-electron chi connectivity index (χ3n) is 4.23. The molecule has 0 aromatic heterocycles. The Balaban J connectivity index is 1.89. The highest BCUT2D eigenvalue weighted by molar-refractivity contribution is 4.95. The molecule has 0 amide bonds. The van der Waals surface area contributed by atoms with E-state index in [-0.39, 0.29) is 0 Å². The quantitative estimate of drug-likeness (QED) is 0.666. The summed E-state index contributed by atoms with van der Waals surface area (Å²) in [5.74, 6) is 1.98. The molecule has 0 aromatic carbocycles. The van der Waals surface area contributed by atoms with Crippen molar-refractivity contribution in [3.63, 3.8) is 0 Å². The van der Waals surface area contributed by atoms with Crippen molar-refractivity contribution in [2.24, 2.45) is 17.3 Å². The lowest BCUT2D eigenvalue weighted by atomic mass is 9.77. The highest BCUT2D eigenvalue weighted by Gasteiger charge is 2.45. The molecule has 1 heterocycles. The van der Waals surface area contributed by atoms with Gasteiger partial charge in [0.2, 0.25) is 0 Å². The van der Waals surface area contributed by atoms with E-state index in [1.165, 1.54) is 38.8 Å². The van der Waals surface area contributed by atoms with Gasteiger partial charge < -0.3 is 5.32 Å². The van der Waals surface area contributed by atoms with Gasteiger partial charge in [-0.15, -0.1) is 0 Å². The molecule has 0 bridgehead atoms. The molecule has 1 aliphatic heterocycles. The number of hydrogen-bond donors (Lipinski definition) is 1. The number of rotatable bonds is 2. The van der Waals surface area contributed by atoms with Gasteiger partial charge in [-0.25, -0.2) is 0 Å². The molecule has 70 valence electrons. The van der Waals surface area contributed by atoms with Crippen LogP contribution in [0.15, 0.2) is 0 Å². The summed E-state index contributed by atoms with van der Waals surface area (Å²) >= 11 is 0. The molecule has 0 aromatic rings. The van der Waals surface area contributed by atoms with Gasteiger partial charge >= 0.3 is 0 Å². The average molecular weight is 167 g/mol. The summed E-state index contributed by atoms with van der Waals surface area (Å²) < 4.78 is 0. The molecule has 2 rings (SSSR count). The van der Waals surface area contributed by atoms with Crippen LogP contribution in [0.4, 0.5) is 0 Å². The van der Waals surface area contributed by atoms with Crippen molar-refractivity contribution in [1.29, 1.82) is 0 Å². The van der Waals surface area contributed by atoms with E-state index in [2.05, 4.69) is 19.2 Å². The van der Waals surface area contributed by atoms with Gasteiger partial charge in [0, 0.05) is 0 Å². The fourth-order valence-corrected chi connectivity index (χ4v) is 2.57. The van der Waals surface area contributed by atoms with Gasteiger partial charge in [-0.2, -0.15) is 0 Å². The molecule has 0 spiro atoms. The summed E-state index contributed by atoms with van der Waals surface area (Å²) in [6.07, 6.45) is 5.80. The van der Waals surface area contributed by atoms with Gasteiger partial charge in [0.05, 0.1) is 0 Å². The van der Waals surface area contributed by atoms with E-state index in [4.69, 9.17) is 0 Å². The van der Waals surface area contributed by atoms with E-state index in [9.17, 15) is 0 Å². The Morgan fingerprint density at radius 2 is 1.83 bits per heavy atom. The van der Waals surface area contributed by atoms with Crippen molar-refractivity contribution in [3.8, 4) is 0 Å². The highest BCUT2D eigenvalue weighted by Crippen LogP contribution is 2.54. The molecule has 1 N–H and O–H groups in total. The standard InChI is InChI=1S/C11H21N/c1-9(11(2)5-6-11)10-3-7-12-8-4-10/h9-10,12H,3-8H2,1-2H3. The first-order valence-electron chi connectivity index (χ1n) is 5.43. The van der Waals surface area contributed by atoms with E-state index in [1.807, 2.05) is 0 Å². The summed E-state index contributed by atoms with van der Waals surface area (Å²) in [7, 11) is 0. The minimum Gasteiger partial charge on any atom is -0.317 e. The van der Waals surface area contributed by atoms with Crippen molar-refractivity contribution in [3.05, 3.63) is 0 Å². The van der Waals surface area contributed by atoms with E-state index in [1.54, 1.807) is 0 Å². The van der Waals surface area contributed by atoms with Crippen LogP contribution < -0.4 is 5.32 Å². The molecule has 0 radical (unpaired) electrons. The van der Waals surface area contributed by atoms with Crippen molar-refractivity contribution < 1.29 is 0 Å². The molecule has 12 heavy (non-hydrogen) atoms. The van der Waals surface area contributed by atoms with E-state index < -0.39 is 0 Å². The van der Waals surface area contributed by atoms with Gasteiger partial charge in [0.15, 0.2) is 0 Å². The number of hydrogen-bond acceptors (Lipinski definition) is 1. The average Bonchev–Trinajstić information content (AvgIpc) is 2.85. The fraction of sp³-hybridized carbons (Fsp3) is 1.00. The van der Waals surface area contributed by atoms with Gasteiger partial charge in [-0.1, -0.05) is 13.8 Å². The molecule has 1 atom stereocenters. The number of nitrogens with one attached hydrogen (secondary N) is 1. The zero-order chi connectivity index (χ0) is 8.60. The Labute approximate surface area is 75.9 Å². The predicted molar refractivity (Wildman–Crippen MR) is 52.1 cm³/mol. The Bertz CT molecular complexity index is 154. The van der Waals surface area contributed by atoms with Gasteiger partial charge in [0.25, 0.3) is 0 Å². The molecule has 2 aliphatic rings. The third kappa shape index (κ3) is 1.52. The summed E-state index contributed by atoms with van der Waals surface area (Å²) in [4.78, 5) is 0. The van der Waals surface area contributed by atoms with Crippen molar-refractivity contribution in [2.75, 3.05) is 13.1 Å². The van der Waals surface area contributed by atoms with Crippen LogP contribution in [-0.4, -0.2) is 13.1 Å². The van der Waals surface area contributed by atoms with Crippen LogP contribution >= 0.6 is 0 Å². The fourth-order valence-electron chi connectivity index (χ4n) is 2.57. The topological polar surface area (TPSA) is 12.0 Å². The van der Waals surface area contributed by atoms with Gasteiger partial charge in [-0.05, 0) is 56.0 Å². The third-order valence-corrected chi connectivity index (χ3v) is 4.23. The first-order valence-corrected chi connectivity index (χ1v) is 5.43. The Morgan fingerprint density at radius 3 is 2.33 bits per heavy atom. The second-order valence-electron chi connectivity index (χ2n) is 5.03. The summed E-state index contributed by atoms with van der Waals surface area (Å²) in [6, 6.07) is 0. The van der Waals surface area contributed by atoms with Crippen LogP contribution in [0.25, 0.3) is 0 Å². The lowest BCUT2D eigenvalue weighted by molar-refractivity contribution is 0.197. The predicted octanol–water partition coefficient (Wildman–Crippen LogP) is 2.42. The largest absolute Gasteiger partial charge is 0.317 e. The number of piperidine rings is 1. The Hall–Kier alpha value is -0.0400. The zero-order valence-corrected chi connectivity index (χ0v) is 8.40. The summed E-state index contributed by atoms with van der Waals surface area (Å²) in [5.41, 5.74) is 0.738. The molecule has 1 saturated heterocycles. The van der Waals surface area contributed by atoms with Crippen LogP contribution in [0.1, 0.15) is 39.5 Å². The van der Waals surface area contributed by atoms with Crippen LogP contribution in [0.5, 0.6) is 0 Å². The second-order valence-corrected chi connectivity index (χ2v) is 5.03. The van der Waals surface area contributed by atoms with Crippen molar-refractivity contribution in [2.45, 2.75) is 39.5 Å². The smallest absolute Gasteiger partial charge is 0.00462 e. The molecule has 1 nitrogen and oxygen atoms in total. The Kier molecular flexibility index (Phi) is 2.16. The first-order chi connectivity index (χ1) is 5.72. The van der Waals surface area contributed by atoms with E-state index in [0.717, 1.165) is 17.3 Å². The highest BCUT2D eigenvalue weighted by atomic mass is 14.9. The maximum atomic E-state index is 3.44. The summed E-state index contributed by atoms with van der Waals surface area (Å²) in [6.45, 7) is 7.46. The van der Waals surface area contributed by atoms with E-state index in [0.29, 0.717) is 0 Å². The molecule has 1 heteroatoms. The van der Waals surface area contributed by atoms with Crippen LogP contribution in [0.3, 0.4) is 0 Å². The SMILES string of the molecule is CC(C1CCNCC1)C1(C)CC1. The lowest BCUT2D eigenvalue weighted by Crippen LogP contribution is -2.33. The molecular formula is C11H21N. The molecule has 2 fully saturated rings. The van der Waals surface area contributed by atoms with Crippen molar-refractivity contribution >= 4 is 0 Å². The first kappa shape index (κ1) is 8.55. The summed E-state index contributed by atoms with van der Waals surface area (Å²) in [5, 5.41) is 3.44.